The van der Waals surface area contributed by atoms with E-state index in [9.17, 15) is 4.39 Å². The van der Waals surface area contributed by atoms with Crippen molar-refractivity contribution in [1.82, 2.24) is 15.0 Å². The van der Waals surface area contributed by atoms with Crippen LogP contribution in [0.1, 0.15) is 0 Å². The van der Waals surface area contributed by atoms with Crippen LogP contribution in [0.4, 0.5) is 4.39 Å². The number of aromatic nitrogens is 3. The summed E-state index contributed by atoms with van der Waals surface area (Å²) >= 11 is 0. The monoisotopic (exact) mass is 163 g/mol. The molecule has 0 spiro atoms. The van der Waals surface area contributed by atoms with Gasteiger partial charge in [-0.2, -0.15) is 15.0 Å². The van der Waals surface area contributed by atoms with Gasteiger partial charge in [0.05, 0.1) is 18.1 Å². The minimum Gasteiger partial charge on any atom is -0.207 e. The van der Waals surface area contributed by atoms with Crippen LogP contribution in [-0.2, 0) is 0 Å². The molecule has 0 saturated carbocycles. The lowest BCUT2D eigenvalue weighted by Crippen LogP contribution is -1.97. The second kappa shape index (κ2) is 2.73. The average Bonchev–Trinajstić information content (AvgIpc) is 2.56. The molecule has 2 aromatic rings. The lowest BCUT2D eigenvalue weighted by Gasteiger charge is -1.97. The standard InChI is InChI=1S/C8H6FN3/c9-7-2-1-3-8(6-7)12-10-4-5-11-12/h1-6H. The molecule has 0 radical (unpaired) electrons. The minimum atomic E-state index is -0.287. The number of nitrogens with zero attached hydrogens (tertiary/aromatic N) is 3. The lowest BCUT2D eigenvalue weighted by atomic mass is 10.3. The third-order valence-electron chi connectivity index (χ3n) is 1.46. The first-order valence-corrected chi connectivity index (χ1v) is 3.48. The zero-order chi connectivity index (χ0) is 8.39. The molecule has 0 fully saturated rings. The summed E-state index contributed by atoms with van der Waals surface area (Å²) in [7, 11) is 0. The summed E-state index contributed by atoms with van der Waals surface area (Å²) in [5.74, 6) is -0.287. The van der Waals surface area contributed by atoms with E-state index in [4.69, 9.17) is 0 Å². The SMILES string of the molecule is Fc1cccc(-n2nccn2)c1. The second-order valence-corrected chi connectivity index (χ2v) is 2.30. The van der Waals surface area contributed by atoms with Crippen molar-refractivity contribution in [3.05, 3.63) is 42.5 Å². The van der Waals surface area contributed by atoms with Gasteiger partial charge in [0.1, 0.15) is 5.82 Å². The number of hydrogen-bond donors (Lipinski definition) is 0. The Bertz CT molecular complexity index is 370. The van der Waals surface area contributed by atoms with Crippen molar-refractivity contribution in [2.45, 2.75) is 0 Å². The maximum absolute atomic E-state index is 12.7. The van der Waals surface area contributed by atoms with Gasteiger partial charge >= 0.3 is 0 Å². The van der Waals surface area contributed by atoms with E-state index in [2.05, 4.69) is 10.2 Å². The van der Waals surface area contributed by atoms with Crippen molar-refractivity contribution < 1.29 is 4.39 Å². The van der Waals surface area contributed by atoms with Crippen molar-refractivity contribution in [3.63, 3.8) is 0 Å². The highest BCUT2D eigenvalue weighted by Gasteiger charge is 1.97. The average molecular weight is 163 g/mol. The number of benzene rings is 1. The highest BCUT2D eigenvalue weighted by atomic mass is 19.1. The third-order valence-corrected chi connectivity index (χ3v) is 1.46. The Labute approximate surface area is 68.4 Å². The van der Waals surface area contributed by atoms with Gasteiger partial charge < -0.3 is 0 Å². The predicted octanol–water partition coefficient (Wildman–Crippen LogP) is 1.41. The van der Waals surface area contributed by atoms with Gasteiger partial charge in [0.25, 0.3) is 0 Å². The Morgan fingerprint density at radius 2 is 1.92 bits per heavy atom. The molecule has 0 amide bonds. The second-order valence-electron chi connectivity index (χ2n) is 2.30. The molecule has 0 aliphatic carbocycles. The van der Waals surface area contributed by atoms with Crippen LogP contribution in [0.3, 0.4) is 0 Å². The van der Waals surface area contributed by atoms with Crippen LogP contribution >= 0.6 is 0 Å². The maximum atomic E-state index is 12.7. The van der Waals surface area contributed by atoms with Gasteiger partial charge in [0.15, 0.2) is 0 Å². The first kappa shape index (κ1) is 6.97. The summed E-state index contributed by atoms with van der Waals surface area (Å²) in [5.41, 5.74) is 0.625. The fraction of sp³-hybridized carbons (Fsp3) is 0. The van der Waals surface area contributed by atoms with Crippen molar-refractivity contribution in [2.24, 2.45) is 0 Å². The zero-order valence-corrected chi connectivity index (χ0v) is 6.18. The van der Waals surface area contributed by atoms with Crippen LogP contribution in [0.5, 0.6) is 0 Å². The summed E-state index contributed by atoms with van der Waals surface area (Å²) in [4.78, 5) is 1.36. The molecule has 12 heavy (non-hydrogen) atoms. The predicted molar refractivity (Wildman–Crippen MR) is 41.3 cm³/mol. The Hall–Kier alpha value is -1.71. The molecule has 0 N–H and O–H groups in total. The van der Waals surface area contributed by atoms with Crippen LogP contribution in [0.2, 0.25) is 0 Å². The van der Waals surface area contributed by atoms with Crippen LogP contribution in [0.15, 0.2) is 36.7 Å². The molecule has 0 aliphatic rings. The summed E-state index contributed by atoms with van der Waals surface area (Å²) in [5, 5.41) is 7.73. The largest absolute Gasteiger partial charge is 0.207 e. The van der Waals surface area contributed by atoms with E-state index >= 15 is 0 Å². The zero-order valence-electron chi connectivity index (χ0n) is 6.18. The Kier molecular flexibility index (Phi) is 1.59. The van der Waals surface area contributed by atoms with Gasteiger partial charge in [-0.05, 0) is 12.1 Å². The van der Waals surface area contributed by atoms with Gasteiger partial charge in [-0.25, -0.2) is 4.39 Å². The van der Waals surface area contributed by atoms with Gasteiger partial charge in [-0.1, -0.05) is 6.07 Å². The Morgan fingerprint density at radius 3 is 2.58 bits per heavy atom. The van der Waals surface area contributed by atoms with Crippen LogP contribution in [0.25, 0.3) is 5.69 Å². The minimum absolute atomic E-state index is 0.287. The molecule has 0 bridgehead atoms. The molecule has 0 saturated heterocycles. The fourth-order valence-electron chi connectivity index (χ4n) is 0.950. The number of rotatable bonds is 1. The van der Waals surface area contributed by atoms with E-state index in [1.807, 2.05) is 0 Å². The summed E-state index contributed by atoms with van der Waals surface area (Å²) in [6, 6.07) is 6.12. The summed E-state index contributed by atoms with van der Waals surface area (Å²) in [6.45, 7) is 0. The van der Waals surface area contributed by atoms with E-state index in [1.54, 1.807) is 24.5 Å². The van der Waals surface area contributed by atoms with Gasteiger partial charge in [0, 0.05) is 6.07 Å². The molecule has 0 atom stereocenters. The van der Waals surface area contributed by atoms with Crippen molar-refractivity contribution in [2.75, 3.05) is 0 Å². The summed E-state index contributed by atoms with van der Waals surface area (Å²) < 4.78 is 12.7. The van der Waals surface area contributed by atoms with Crippen LogP contribution in [0, 0.1) is 5.82 Å². The molecule has 3 nitrogen and oxygen atoms in total. The Morgan fingerprint density at radius 1 is 1.17 bits per heavy atom. The van der Waals surface area contributed by atoms with Crippen molar-refractivity contribution in [1.29, 1.82) is 0 Å². The first-order valence-electron chi connectivity index (χ1n) is 3.48. The lowest BCUT2D eigenvalue weighted by molar-refractivity contribution is 0.622. The number of halogens is 1. The molecule has 4 heteroatoms. The smallest absolute Gasteiger partial charge is 0.125 e. The normalized spacial score (nSPS) is 10.1. The molecular weight excluding hydrogens is 157 g/mol. The van der Waals surface area contributed by atoms with Gasteiger partial charge in [-0.15, -0.1) is 0 Å². The van der Waals surface area contributed by atoms with E-state index in [-0.39, 0.29) is 5.82 Å². The van der Waals surface area contributed by atoms with E-state index in [0.29, 0.717) is 5.69 Å². The van der Waals surface area contributed by atoms with Gasteiger partial charge in [-0.3, -0.25) is 0 Å². The van der Waals surface area contributed by atoms with Crippen molar-refractivity contribution in [3.8, 4) is 5.69 Å². The quantitative estimate of drug-likeness (QED) is 0.636. The van der Waals surface area contributed by atoms with Crippen LogP contribution < -0.4 is 0 Å². The maximum Gasteiger partial charge on any atom is 0.125 e. The Balaban J connectivity index is 2.48. The summed E-state index contributed by atoms with van der Waals surface area (Å²) in [6.07, 6.45) is 3.09. The molecule has 0 aliphatic heterocycles. The third kappa shape index (κ3) is 1.18. The molecular formula is C8H6FN3. The number of hydrogen-bond acceptors (Lipinski definition) is 2. The molecule has 1 heterocycles. The van der Waals surface area contributed by atoms with Crippen LogP contribution in [-0.4, -0.2) is 15.0 Å². The highest BCUT2D eigenvalue weighted by molar-refractivity contribution is 5.28. The molecule has 2 rings (SSSR count). The van der Waals surface area contributed by atoms with Gasteiger partial charge in [0.2, 0.25) is 0 Å². The fourth-order valence-corrected chi connectivity index (χ4v) is 0.950. The highest BCUT2D eigenvalue weighted by Crippen LogP contribution is 2.05. The van der Waals surface area contributed by atoms with E-state index < -0.39 is 0 Å². The first-order chi connectivity index (χ1) is 5.86. The molecule has 0 unspecified atom stereocenters. The molecule has 1 aromatic carbocycles. The topological polar surface area (TPSA) is 30.7 Å². The van der Waals surface area contributed by atoms with Crippen molar-refractivity contribution >= 4 is 0 Å². The molecule has 60 valence electrons. The van der Waals surface area contributed by atoms with E-state index in [1.165, 1.54) is 16.9 Å². The molecule has 1 aromatic heterocycles. The van der Waals surface area contributed by atoms with E-state index in [0.717, 1.165) is 0 Å².